The molecule has 39 heavy (non-hydrogen) atoms. The van der Waals surface area contributed by atoms with Crippen molar-refractivity contribution in [2.45, 2.75) is 71.0 Å². The van der Waals surface area contributed by atoms with E-state index in [-0.39, 0.29) is 5.91 Å². The Hall–Kier alpha value is -3.88. The summed E-state index contributed by atoms with van der Waals surface area (Å²) in [6.07, 6.45) is 7.88. The molecular weight excluding hydrogens is 490 g/mol. The Morgan fingerprint density at radius 2 is 1.79 bits per heavy atom. The van der Waals surface area contributed by atoms with Gasteiger partial charge in [0.15, 0.2) is 0 Å². The lowest BCUT2D eigenvalue weighted by atomic mass is 9.96. The molecule has 0 saturated heterocycles. The largest absolute Gasteiger partial charge is 0.496 e. The van der Waals surface area contributed by atoms with Gasteiger partial charge in [-0.25, -0.2) is 0 Å². The summed E-state index contributed by atoms with van der Waals surface area (Å²) in [5.41, 5.74) is 5.52. The van der Waals surface area contributed by atoms with E-state index in [0.29, 0.717) is 36.0 Å². The maximum absolute atomic E-state index is 11.9. The first-order valence-electron chi connectivity index (χ1n) is 14.1. The molecule has 1 amide bonds. The Bertz CT molecular complexity index is 1290. The lowest BCUT2D eigenvalue weighted by molar-refractivity contribution is 0.0963. The van der Waals surface area contributed by atoms with E-state index in [1.807, 2.05) is 24.3 Å². The van der Waals surface area contributed by atoms with Crippen molar-refractivity contribution in [2.75, 3.05) is 36.2 Å². The molecule has 0 unspecified atom stereocenters. The number of anilines is 3. The molecule has 2 aliphatic rings. The highest BCUT2D eigenvalue weighted by molar-refractivity contribution is 5.93. The Kier molecular flexibility index (Phi) is 8.44. The van der Waals surface area contributed by atoms with Crippen LogP contribution < -0.4 is 25.6 Å². The van der Waals surface area contributed by atoms with E-state index < -0.39 is 0 Å². The fourth-order valence-corrected chi connectivity index (χ4v) is 5.45. The smallest absolute Gasteiger partial charge is 0.251 e. The van der Waals surface area contributed by atoms with E-state index in [1.54, 1.807) is 14.2 Å². The zero-order valence-corrected chi connectivity index (χ0v) is 23.2. The lowest BCUT2D eigenvalue weighted by Gasteiger charge is -2.30. The first-order valence-corrected chi connectivity index (χ1v) is 14.1. The van der Waals surface area contributed by atoms with Crippen LogP contribution >= 0.6 is 0 Å². The lowest BCUT2D eigenvalue weighted by Crippen LogP contribution is -2.33. The maximum atomic E-state index is 11.9. The molecule has 3 N–H and O–H groups in total. The zero-order valence-electron chi connectivity index (χ0n) is 23.2. The van der Waals surface area contributed by atoms with Gasteiger partial charge in [-0.2, -0.15) is 15.0 Å². The third-order valence-corrected chi connectivity index (χ3v) is 7.73. The number of amides is 1. The first-order chi connectivity index (χ1) is 19.1. The fraction of sp³-hybridized carbons (Fsp3) is 0.467. The predicted octanol–water partition coefficient (Wildman–Crippen LogP) is 4.72. The highest BCUT2D eigenvalue weighted by Crippen LogP contribution is 2.30. The molecule has 0 radical (unpaired) electrons. The summed E-state index contributed by atoms with van der Waals surface area (Å²) in [5.74, 6) is 2.73. The summed E-state index contributed by atoms with van der Waals surface area (Å²) in [5, 5.41) is 9.63. The summed E-state index contributed by atoms with van der Waals surface area (Å²) < 4.78 is 5.62. The normalized spacial score (nSPS) is 15.4. The van der Waals surface area contributed by atoms with Crippen molar-refractivity contribution in [3.63, 3.8) is 0 Å². The number of aryl methyl sites for hydroxylation is 1. The van der Waals surface area contributed by atoms with Crippen LogP contribution in [0.25, 0.3) is 0 Å². The summed E-state index contributed by atoms with van der Waals surface area (Å²) in [7, 11) is 3.38. The molecule has 0 bridgehead atoms. The predicted molar refractivity (Wildman–Crippen MR) is 155 cm³/mol. The molecule has 1 aliphatic carbocycles. The van der Waals surface area contributed by atoms with Gasteiger partial charge in [0.05, 0.1) is 7.11 Å². The van der Waals surface area contributed by atoms with Crippen LogP contribution in [0.3, 0.4) is 0 Å². The topological polar surface area (TPSA) is 104 Å². The molecule has 206 valence electrons. The number of hydrogen-bond acceptors (Lipinski definition) is 8. The molecule has 1 saturated carbocycles. The molecular formula is C30H39N7O2. The van der Waals surface area contributed by atoms with Gasteiger partial charge in [0.25, 0.3) is 5.91 Å². The molecule has 3 aromatic rings. The van der Waals surface area contributed by atoms with Gasteiger partial charge < -0.3 is 25.6 Å². The number of nitrogens with one attached hydrogen (secondary N) is 3. The van der Waals surface area contributed by atoms with Crippen molar-refractivity contribution in [3.05, 3.63) is 64.2 Å². The molecule has 0 spiro atoms. The molecule has 1 aliphatic heterocycles. The number of fused-ring (bicyclic) bond motifs is 1. The van der Waals surface area contributed by atoms with E-state index >= 15 is 0 Å². The van der Waals surface area contributed by atoms with Crippen molar-refractivity contribution in [1.29, 1.82) is 0 Å². The number of nitrogens with zero attached hydrogens (tertiary/aromatic N) is 4. The van der Waals surface area contributed by atoms with Crippen molar-refractivity contribution >= 4 is 23.8 Å². The highest BCUT2D eigenvalue weighted by atomic mass is 16.5. The molecule has 9 nitrogen and oxygen atoms in total. The number of benzene rings is 2. The standard InChI is InChI=1S/C30H39N7O2/c1-4-21-16-24-19-37(15-14-23(24)17-26(21)39-3)30-35-28(34-29(36-30)33-25-8-6-5-7-9-25)32-18-20-10-12-22(13-11-20)27(38)31-2/h10-13,16-17,25H,4-9,14-15,18-19H2,1-3H3,(H,31,38)(H2,32,33,34,35,36). The number of methoxy groups -OCH3 is 1. The minimum absolute atomic E-state index is 0.0948. The van der Waals surface area contributed by atoms with Gasteiger partial charge in [-0.1, -0.05) is 44.4 Å². The number of rotatable bonds is 9. The number of carbonyl (C=O) groups excluding carboxylic acids is 1. The molecule has 2 aromatic carbocycles. The third kappa shape index (κ3) is 6.41. The molecule has 0 atom stereocenters. The molecule has 9 heteroatoms. The van der Waals surface area contributed by atoms with Gasteiger partial charge in [0.1, 0.15) is 5.75 Å². The van der Waals surface area contributed by atoms with Gasteiger partial charge in [-0.15, -0.1) is 0 Å². The minimum atomic E-state index is -0.0948. The van der Waals surface area contributed by atoms with Crippen LogP contribution in [-0.4, -0.2) is 47.6 Å². The minimum Gasteiger partial charge on any atom is -0.496 e. The van der Waals surface area contributed by atoms with Crippen LogP contribution in [0.15, 0.2) is 36.4 Å². The summed E-state index contributed by atoms with van der Waals surface area (Å²) in [4.78, 5) is 28.6. The quantitative estimate of drug-likeness (QED) is 0.366. The average molecular weight is 530 g/mol. The van der Waals surface area contributed by atoms with E-state index in [4.69, 9.17) is 19.7 Å². The van der Waals surface area contributed by atoms with Crippen LogP contribution in [0.5, 0.6) is 5.75 Å². The Balaban J connectivity index is 1.37. The Morgan fingerprint density at radius 1 is 1.03 bits per heavy atom. The van der Waals surface area contributed by atoms with Crippen LogP contribution in [0.2, 0.25) is 0 Å². The number of carbonyl (C=O) groups is 1. The van der Waals surface area contributed by atoms with Crippen molar-refractivity contribution in [1.82, 2.24) is 20.3 Å². The molecule has 1 fully saturated rings. The zero-order chi connectivity index (χ0) is 27.2. The second-order valence-electron chi connectivity index (χ2n) is 10.3. The molecule has 2 heterocycles. The monoisotopic (exact) mass is 529 g/mol. The summed E-state index contributed by atoms with van der Waals surface area (Å²) >= 11 is 0. The van der Waals surface area contributed by atoms with Crippen molar-refractivity contribution in [2.24, 2.45) is 0 Å². The number of aromatic nitrogens is 3. The molecule has 5 rings (SSSR count). The van der Waals surface area contributed by atoms with Gasteiger partial charge in [-0.05, 0) is 66.1 Å². The second-order valence-corrected chi connectivity index (χ2v) is 10.3. The number of hydrogen-bond donors (Lipinski definition) is 3. The van der Waals surface area contributed by atoms with E-state index in [1.165, 1.54) is 36.0 Å². The summed E-state index contributed by atoms with van der Waals surface area (Å²) in [6.45, 7) is 4.28. The van der Waals surface area contributed by atoms with Crippen LogP contribution in [0.1, 0.15) is 71.6 Å². The maximum Gasteiger partial charge on any atom is 0.251 e. The third-order valence-electron chi connectivity index (χ3n) is 7.73. The second kappa shape index (κ2) is 12.3. The Labute approximate surface area is 230 Å². The fourth-order valence-electron chi connectivity index (χ4n) is 5.45. The van der Waals surface area contributed by atoms with E-state index in [2.05, 4.69) is 39.9 Å². The summed E-state index contributed by atoms with van der Waals surface area (Å²) in [6, 6.07) is 12.4. The molecule has 1 aromatic heterocycles. The first kappa shape index (κ1) is 26.7. The SMILES string of the molecule is CCc1cc2c(cc1OC)CCN(c1nc(NCc3ccc(C(=O)NC)cc3)nc(NC3CCCCC3)n1)C2. The van der Waals surface area contributed by atoms with E-state index in [9.17, 15) is 4.79 Å². The average Bonchev–Trinajstić information content (AvgIpc) is 2.99. The highest BCUT2D eigenvalue weighted by Gasteiger charge is 2.23. The van der Waals surface area contributed by atoms with Crippen LogP contribution in [0, 0.1) is 0 Å². The van der Waals surface area contributed by atoms with Crippen molar-refractivity contribution in [3.8, 4) is 5.75 Å². The van der Waals surface area contributed by atoms with Gasteiger partial charge in [-0.3, -0.25) is 4.79 Å². The van der Waals surface area contributed by atoms with Crippen LogP contribution in [0.4, 0.5) is 17.8 Å². The van der Waals surface area contributed by atoms with Crippen molar-refractivity contribution < 1.29 is 9.53 Å². The number of ether oxygens (including phenoxy) is 1. The van der Waals surface area contributed by atoms with Gasteiger partial charge >= 0.3 is 0 Å². The van der Waals surface area contributed by atoms with Gasteiger partial charge in [0, 0.05) is 38.3 Å². The van der Waals surface area contributed by atoms with E-state index in [0.717, 1.165) is 50.1 Å². The van der Waals surface area contributed by atoms with Crippen LogP contribution in [-0.2, 0) is 25.9 Å². The Morgan fingerprint density at radius 3 is 2.51 bits per heavy atom. The van der Waals surface area contributed by atoms with Gasteiger partial charge in [0.2, 0.25) is 17.8 Å².